The second-order valence-corrected chi connectivity index (χ2v) is 6.39. The Bertz CT molecular complexity index is 499. The van der Waals surface area contributed by atoms with Crippen molar-refractivity contribution in [2.75, 3.05) is 7.11 Å². The molecule has 0 unspecified atom stereocenters. The van der Waals surface area contributed by atoms with Crippen molar-refractivity contribution in [3.05, 3.63) is 23.8 Å². The Morgan fingerprint density at radius 2 is 1.70 bits per heavy atom. The summed E-state index contributed by atoms with van der Waals surface area (Å²) in [6.07, 6.45) is 0. The zero-order valence-electron chi connectivity index (χ0n) is 13.4. The molecule has 0 bridgehead atoms. The predicted molar refractivity (Wildman–Crippen MR) is 81.3 cm³/mol. The van der Waals surface area contributed by atoms with E-state index in [-0.39, 0.29) is 11.0 Å². The van der Waals surface area contributed by atoms with Crippen molar-refractivity contribution in [1.82, 2.24) is 0 Å². The van der Waals surface area contributed by atoms with Crippen molar-refractivity contribution in [3.63, 3.8) is 0 Å². The van der Waals surface area contributed by atoms with E-state index >= 15 is 0 Å². The molecule has 4 nitrogen and oxygen atoms in total. The molecule has 1 rings (SSSR count). The number of benzene rings is 1. The summed E-state index contributed by atoms with van der Waals surface area (Å²) in [5.41, 5.74) is 0.990. The maximum absolute atomic E-state index is 9.00. The van der Waals surface area contributed by atoms with E-state index in [2.05, 4.69) is 5.16 Å². The van der Waals surface area contributed by atoms with Crippen molar-refractivity contribution in [1.29, 1.82) is 0 Å². The third-order valence-electron chi connectivity index (χ3n) is 3.36. The van der Waals surface area contributed by atoms with Crippen LogP contribution in [0.3, 0.4) is 0 Å². The van der Waals surface area contributed by atoms with E-state index in [1.165, 1.54) is 0 Å². The fourth-order valence-corrected chi connectivity index (χ4v) is 1.80. The number of hydrogen-bond donors (Lipinski definition) is 1. The molecular formula is C16H25NO3. The molecule has 112 valence electrons. The van der Waals surface area contributed by atoms with Crippen LogP contribution in [0.4, 0.5) is 0 Å². The molecule has 0 amide bonds. The molecule has 0 heterocycles. The fraction of sp³-hybridized carbons (Fsp3) is 0.562. The largest absolute Gasteiger partial charge is 0.493 e. The Morgan fingerprint density at radius 3 is 2.15 bits per heavy atom. The smallest absolute Gasteiger partial charge is 0.161 e. The summed E-state index contributed by atoms with van der Waals surface area (Å²) in [5.74, 6) is 1.38. The highest BCUT2D eigenvalue weighted by Gasteiger charge is 2.26. The molecular weight excluding hydrogens is 254 g/mol. The third kappa shape index (κ3) is 3.65. The number of nitrogens with zero attached hydrogens (tertiary/aromatic N) is 1. The Balaban J connectivity index is 3.23. The monoisotopic (exact) mass is 279 g/mol. The Morgan fingerprint density at radius 1 is 1.10 bits per heavy atom. The topological polar surface area (TPSA) is 51.0 Å². The van der Waals surface area contributed by atoms with E-state index < -0.39 is 0 Å². The maximum atomic E-state index is 9.00. The number of oxime groups is 1. The van der Waals surface area contributed by atoms with Crippen molar-refractivity contribution in [2.24, 2.45) is 5.16 Å². The molecule has 0 saturated carbocycles. The van der Waals surface area contributed by atoms with Crippen LogP contribution in [-0.4, -0.2) is 23.6 Å². The molecule has 0 fully saturated rings. The van der Waals surface area contributed by atoms with Gasteiger partial charge in [-0.25, -0.2) is 0 Å². The van der Waals surface area contributed by atoms with Gasteiger partial charge in [-0.05, 0) is 45.4 Å². The summed E-state index contributed by atoms with van der Waals surface area (Å²) in [7, 11) is 1.62. The molecule has 1 N–H and O–H groups in total. The molecule has 20 heavy (non-hydrogen) atoms. The van der Waals surface area contributed by atoms with Gasteiger partial charge in [0.15, 0.2) is 11.5 Å². The Hall–Kier alpha value is -1.71. The van der Waals surface area contributed by atoms with Gasteiger partial charge in [0.25, 0.3) is 0 Å². The maximum Gasteiger partial charge on any atom is 0.161 e. The van der Waals surface area contributed by atoms with Crippen LogP contribution in [0.15, 0.2) is 23.4 Å². The van der Waals surface area contributed by atoms with Gasteiger partial charge >= 0.3 is 0 Å². The first-order chi connectivity index (χ1) is 9.11. The second kappa shape index (κ2) is 5.73. The van der Waals surface area contributed by atoms with E-state index in [0.717, 1.165) is 5.56 Å². The van der Waals surface area contributed by atoms with Crippen LogP contribution in [0.25, 0.3) is 0 Å². The zero-order chi connectivity index (χ0) is 15.6. The van der Waals surface area contributed by atoms with Crippen molar-refractivity contribution < 1.29 is 14.7 Å². The van der Waals surface area contributed by atoms with E-state index in [0.29, 0.717) is 17.2 Å². The van der Waals surface area contributed by atoms with E-state index in [9.17, 15) is 0 Å². The number of hydrogen-bond acceptors (Lipinski definition) is 4. The summed E-state index contributed by atoms with van der Waals surface area (Å²) < 4.78 is 11.3. The summed E-state index contributed by atoms with van der Waals surface area (Å²) in [6, 6.07) is 5.79. The molecule has 0 aromatic heterocycles. The van der Waals surface area contributed by atoms with Crippen molar-refractivity contribution in [2.45, 2.75) is 52.6 Å². The van der Waals surface area contributed by atoms with Gasteiger partial charge in [0.05, 0.1) is 12.8 Å². The highest BCUT2D eigenvalue weighted by atomic mass is 16.5. The van der Waals surface area contributed by atoms with Crippen molar-refractivity contribution >= 4 is 5.71 Å². The van der Waals surface area contributed by atoms with Crippen LogP contribution in [0.2, 0.25) is 0 Å². The Kier molecular flexibility index (Phi) is 4.69. The SMILES string of the molecule is COc1cc(C(C)(C)/C(C)=N\O)ccc1OC(C)(C)C. The zero-order valence-corrected chi connectivity index (χ0v) is 13.4. The van der Waals surface area contributed by atoms with Crippen LogP contribution in [0.1, 0.15) is 47.1 Å². The summed E-state index contributed by atoms with van der Waals surface area (Å²) >= 11 is 0. The molecule has 0 aliphatic carbocycles. The van der Waals surface area contributed by atoms with E-state index in [1.807, 2.05) is 52.8 Å². The van der Waals surface area contributed by atoms with E-state index in [4.69, 9.17) is 14.7 Å². The highest BCUT2D eigenvalue weighted by molar-refractivity contribution is 5.91. The average Bonchev–Trinajstić information content (AvgIpc) is 2.36. The van der Waals surface area contributed by atoms with Crippen LogP contribution in [0.5, 0.6) is 11.5 Å². The Labute approximate surface area is 121 Å². The van der Waals surface area contributed by atoms with Gasteiger partial charge in [-0.1, -0.05) is 25.1 Å². The molecule has 4 heteroatoms. The molecule has 0 atom stereocenters. The lowest BCUT2D eigenvalue weighted by atomic mass is 9.80. The lowest BCUT2D eigenvalue weighted by molar-refractivity contribution is 0.125. The molecule has 1 aromatic rings. The third-order valence-corrected chi connectivity index (χ3v) is 3.36. The normalized spacial score (nSPS) is 13.2. The second-order valence-electron chi connectivity index (χ2n) is 6.39. The molecule has 1 aromatic carbocycles. The highest BCUT2D eigenvalue weighted by Crippen LogP contribution is 2.35. The van der Waals surface area contributed by atoms with Gasteiger partial charge in [-0.3, -0.25) is 0 Å². The molecule has 0 aliphatic heterocycles. The summed E-state index contributed by atoms with van der Waals surface area (Å²) in [5, 5.41) is 12.3. The fourth-order valence-electron chi connectivity index (χ4n) is 1.80. The number of methoxy groups -OCH3 is 1. The summed E-state index contributed by atoms with van der Waals surface area (Å²) in [6.45, 7) is 11.8. The number of rotatable bonds is 4. The first-order valence-electron chi connectivity index (χ1n) is 6.68. The first kappa shape index (κ1) is 16.3. The first-order valence-corrected chi connectivity index (χ1v) is 6.68. The lowest BCUT2D eigenvalue weighted by Crippen LogP contribution is -2.27. The van der Waals surface area contributed by atoms with Gasteiger partial charge in [-0.2, -0.15) is 0 Å². The minimum absolute atomic E-state index is 0.285. The van der Waals surface area contributed by atoms with Crippen molar-refractivity contribution in [3.8, 4) is 11.5 Å². The molecule has 0 saturated heterocycles. The van der Waals surface area contributed by atoms with Crippen LogP contribution < -0.4 is 9.47 Å². The van der Waals surface area contributed by atoms with Crippen LogP contribution >= 0.6 is 0 Å². The van der Waals surface area contributed by atoms with Crippen LogP contribution in [-0.2, 0) is 5.41 Å². The lowest BCUT2D eigenvalue weighted by Gasteiger charge is -2.27. The molecule has 0 spiro atoms. The van der Waals surface area contributed by atoms with Gasteiger partial charge in [0.2, 0.25) is 0 Å². The minimum Gasteiger partial charge on any atom is -0.493 e. The van der Waals surface area contributed by atoms with Crippen LogP contribution in [0, 0.1) is 0 Å². The number of ether oxygens (including phenoxy) is 2. The standard InChI is InChI=1S/C16H25NO3/c1-11(17-18)16(5,6)12-8-9-13(14(10-12)19-7)20-15(2,3)4/h8-10,18H,1-7H3/b17-11-. The van der Waals surface area contributed by atoms with Gasteiger partial charge in [0, 0.05) is 5.41 Å². The van der Waals surface area contributed by atoms with Gasteiger partial charge in [-0.15, -0.1) is 0 Å². The van der Waals surface area contributed by atoms with Gasteiger partial charge < -0.3 is 14.7 Å². The predicted octanol–water partition coefficient (Wildman–Crippen LogP) is 4.00. The summed E-state index contributed by atoms with van der Waals surface area (Å²) in [4.78, 5) is 0. The minimum atomic E-state index is -0.373. The quantitative estimate of drug-likeness (QED) is 0.515. The average molecular weight is 279 g/mol. The van der Waals surface area contributed by atoms with Gasteiger partial charge in [0.1, 0.15) is 5.60 Å². The molecule has 0 aliphatic rings. The van der Waals surface area contributed by atoms with E-state index in [1.54, 1.807) is 14.0 Å². The molecule has 0 radical (unpaired) electrons.